The van der Waals surface area contributed by atoms with Crippen molar-refractivity contribution in [3.8, 4) is 5.88 Å². The van der Waals surface area contributed by atoms with Gasteiger partial charge in [0.2, 0.25) is 11.8 Å². The van der Waals surface area contributed by atoms with Crippen LogP contribution in [-0.2, 0) is 17.9 Å². The van der Waals surface area contributed by atoms with Crippen molar-refractivity contribution in [3.05, 3.63) is 101 Å². The van der Waals surface area contributed by atoms with Crippen LogP contribution in [0.1, 0.15) is 60.4 Å². The zero-order valence-corrected chi connectivity index (χ0v) is 27.2. The molecule has 5 aromatic rings. The maximum absolute atomic E-state index is 13.5. The Morgan fingerprint density at radius 3 is 2.70 bits per heavy atom. The van der Waals surface area contributed by atoms with Crippen LogP contribution in [0.5, 0.6) is 5.88 Å². The van der Waals surface area contributed by atoms with E-state index in [0.29, 0.717) is 25.2 Å². The molecule has 1 aliphatic heterocycles. The van der Waals surface area contributed by atoms with Crippen LogP contribution in [0, 0.1) is 13.8 Å². The molecule has 2 atom stereocenters. The fraction of sp³-hybridized carbons (Fsp3) is 0.324. The van der Waals surface area contributed by atoms with Crippen molar-refractivity contribution in [2.24, 2.45) is 0 Å². The molecule has 2 aromatic carbocycles. The maximum Gasteiger partial charge on any atom is 0.239 e. The van der Waals surface area contributed by atoms with Crippen molar-refractivity contribution in [3.63, 3.8) is 0 Å². The van der Waals surface area contributed by atoms with E-state index < -0.39 is 10.8 Å². The number of ether oxygens (including phenoxy) is 1. The number of benzene rings is 2. The van der Waals surface area contributed by atoms with Crippen LogP contribution in [0.4, 0.5) is 5.69 Å². The largest absolute Gasteiger partial charge is 0.472 e. The number of carbonyl (C=O) groups is 1. The molecule has 12 heteroatoms. The third-order valence-electron chi connectivity index (χ3n) is 8.65. The average Bonchev–Trinajstić information content (AvgIpc) is 3.45. The van der Waals surface area contributed by atoms with Crippen LogP contribution in [0.15, 0.2) is 78.1 Å². The summed E-state index contributed by atoms with van der Waals surface area (Å²) in [5.74, 6) is -0.202. The summed E-state index contributed by atoms with van der Waals surface area (Å²) in [7, 11) is -3.39. The maximum atomic E-state index is 13.5. The first kappa shape index (κ1) is 31.6. The van der Waals surface area contributed by atoms with Crippen molar-refractivity contribution in [2.45, 2.75) is 70.5 Å². The predicted molar refractivity (Wildman–Crippen MR) is 179 cm³/mol. The Hall–Kier alpha value is -4.36. The van der Waals surface area contributed by atoms with Crippen molar-refractivity contribution < 1.29 is 18.6 Å². The summed E-state index contributed by atoms with van der Waals surface area (Å²) in [6.07, 6.45) is 5.47. The number of fused-ring (bicyclic) bond motifs is 2. The number of amides is 1. The van der Waals surface area contributed by atoms with Gasteiger partial charge >= 0.3 is 0 Å². The minimum absolute atomic E-state index is 0.148. The minimum atomic E-state index is -3.39. The minimum Gasteiger partial charge on any atom is -0.472 e. The van der Waals surface area contributed by atoms with Crippen molar-refractivity contribution in [2.75, 3.05) is 11.9 Å². The number of pyridine rings is 2. The molecule has 0 unspecified atom stereocenters. The first-order chi connectivity index (χ1) is 22.2. The lowest BCUT2D eigenvalue weighted by Crippen LogP contribution is -2.34. The van der Waals surface area contributed by atoms with Gasteiger partial charge in [0.1, 0.15) is 16.5 Å². The van der Waals surface area contributed by atoms with E-state index >= 15 is 0 Å². The lowest BCUT2D eigenvalue weighted by Gasteiger charge is -2.41. The van der Waals surface area contributed by atoms with E-state index in [4.69, 9.17) is 4.74 Å². The van der Waals surface area contributed by atoms with Gasteiger partial charge in [-0.25, -0.2) is 9.67 Å². The number of aryl methyl sites for hydroxylation is 3. The molecule has 0 radical (unpaired) electrons. The average molecular weight is 642 g/mol. The number of hydrogen-bond donors (Lipinski definition) is 3. The summed E-state index contributed by atoms with van der Waals surface area (Å²) >= 11 is 0. The molecule has 1 amide bonds. The monoisotopic (exact) mass is 641 g/mol. The number of anilines is 1. The van der Waals surface area contributed by atoms with Crippen LogP contribution >= 0.6 is 10.8 Å². The zero-order valence-electron chi connectivity index (χ0n) is 26.4. The molecular formula is C34H39N7O4S. The highest BCUT2D eigenvalue weighted by atomic mass is 32.3. The summed E-state index contributed by atoms with van der Waals surface area (Å²) in [6.45, 7) is 9.36. The molecule has 46 heavy (non-hydrogen) atoms. The molecule has 4 heterocycles. The third kappa shape index (κ3) is 6.21. The first-order valence-corrected chi connectivity index (χ1v) is 17.0. The molecule has 240 valence electrons. The Bertz CT molecular complexity index is 1860. The number of rotatable bonds is 9. The van der Waals surface area contributed by atoms with Crippen LogP contribution in [0.3, 0.4) is 0 Å². The SMILES string of the molecule is CC[C@@H]1CN(Cc2cc([C@H](CC(=O)Nc3cccnc3)c3ccc4c(nnn4CC)c3C)ccc2C)S(O)(O)c2cccnc2O1. The van der Waals surface area contributed by atoms with Crippen molar-refractivity contribution in [1.29, 1.82) is 0 Å². The molecule has 3 N–H and O–H groups in total. The second-order valence-electron chi connectivity index (χ2n) is 11.6. The van der Waals surface area contributed by atoms with E-state index in [1.54, 1.807) is 41.1 Å². The molecule has 6 rings (SSSR count). The number of carbonyl (C=O) groups excluding carboxylic acids is 1. The van der Waals surface area contributed by atoms with Gasteiger partial charge in [0.25, 0.3) is 0 Å². The Morgan fingerprint density at radius 1 is 1.11 bits per heavy atom. The van der Waals surface area contributed by atoms with E-state index in [9.17, 15) is 13.9 Å². The van der Waals surface area contributed by atoms with Crippen molar-refractivity contribution in [1.82, 2.24) is 29.3 Å². The number of nitrogens with one attached hydrogen (secondary N) is 1. The molecule has 0 saturated heterocycles. The number of aromatic nitrogens is 5. The third-order valence-corrected chi connectivity index (χ3v) is 10.5. The van der Waals surface area contributed by atoms with Crippen LogP contribution < -0.4 is 10.1 Å². The molecule has 0 fully saturated rings. The Balaban J connectivity index is 1.39. The fourth-order valence-corrected chi connectivity index (χ4v) is 7.58. The molecule has 11 nitrogen and oxygen atoms in total. The van der Waals surface area contributed by atoms with Gasteiger partial charge in [0.15, 0.2) is 0 Å². The van der Waals surface area contributed by atoms with E-state index in [-0.39, 0.29) is 41.7 Å². The van der Waals surface area contributed by atoms with Crippen LogP contribution in [-0.4, -0.2) is 56.9 Å². The van der Waals surface area contributed by atoms with E-state index in [1.807, 2.05) is 56.6 Å². The van der Waals surface area contributed by atoms with Gasteiger partial charge in [-0.3, -0.25) is 18.9 Å². The normalized spacial score (nSPS) is 17.5. The summed E-state index contributed by atoms with van der Waals surface area (Å²) in [6, 6.07) is 17.2. The Kier molecular flexibility index (Phi) is 9.05. The fourth-order valence-electron chi connectivity index (χ4n) is 6.01. The zero-order chi connectivity index (χ0) is 32.4. The quantitative estimate of drug-likeness (QED) is 0.160. The first-order valence-electron chi connectivity index (χ1n) is 15.5. The van der Waals surface area contributed by atoms with Crippen LogP contribution in [0.25, 0.3) is 11.0 Å². The predicted octanol–water partition coefficient (Wildman–Crippen LogP) is 6.72. The van der Waals surface area contributed by atoms with Gasteiger partial charge in [-0.15, -0.1) is 15.9 Å². The highest BCUT2D eigenvalue weighted by Crippen LogP contribution is 2.57. The standard InChI is InChI=1S/C34H39N7O4S/c1-5-27-21-40(46(43,44)31-10-8-16-36-34(31)45-27)20-25-17-24(12-11-22(25)3)29(18-32(42)37-26-9-7-15-35-19-26)28-13-14-30-33(23(28)4)38-39-41(30)6-2/h7-17,19,27,29,43-44H,5-6,18,20-21H2,1-4H3,(H,37,42)/t27-,29+/m1/s1. The van der Waals surface area contributed by atoms with Gasteiger partial charge in [-0.1, -0.05) is 36.4 Å². The number of nitrogens with zero attached hydrogens (tertiary/aromatic N) is 6. The van der Waals surface area contributed by atoms with Gasteiger partial charge in [0.05, 0.1) is 23.9 Å². The molecule has 0 aliphatic carbocycles. The van der Waals surface area contributed by atoms with E-state index in [1.165, 1.54) is 0 Å². The van der Waals surface area contributed by atoms with Gasteiger partial charge in [-0.2, -0.15) is 4.31 Å². The Morgan fingerprint density at radius 2 is 1.93 bits per heavy atom. The highest BCUT2D eigenvalue weighted by molar-refractivity contribution is 8.22. The van der Waals surface area contributed by atoms with E-state index in [0.717, 1.165) is 38.9 Å². The lowest BCUT2D eigenvalue weighted by molar-refractivity contribution is -0.116. The summed E-state index contributed by atoms with van der Waals surface area (Å²) in [5, 5.41) is 11.8. The van der Waals surface area contributed by atoms with Gasteiger partial charge in [0, 0.05) is 37.8 Å². The summed E-state index contributed by atoms with van der Waals surface area (Å²) in [4.78, 5) is 22.2. The summed E-state index contributed by atoms with van der Waals surface area (Å²) < 4.78 is 32.8. The Labute approximate surface area is 270 Å². The lowest BCUT2D eigenvalue weighted by atomic mass is 9.84. The molecule has 1 aliphatic rings. The molecule has 0 bridgehead atoms. The number of hydrogen-bond acceptors (Lipinski definition) is 9. The molecule has 3 aromatic heterocycles. The van der Waals surface area contributed by atoms with Gasteiger partial charge in [-0.05, 0) is 85.3 Å². The second-order valence-corrected chi connectivity index (χ2v) is 13.6. The second kappa shape index (κ2) is 13.2. The highest BCUT2D eigenvalue weighted by Gasteiger charge is 2.36. The summed E-state index contributed by atoms with van der Waals surface area (Å²) in [5.41, 5.74) is 7.18. The van der Waals surface area contributed by atoms with Gasteiger partial charge < -0.3 is 10.1 Å². The smallest absolute Gasteiger partial charge is 0.239 e. The topological polar surface area (TPSA) is 139 Å². The molecule has 0 saturated carbocycles. The van der Waals surface area contributed by atoms with Crippen molar-refractivity contribution >= 4 is 33.4 Å². The van der Waals surface area contributed by atoms with E-state index in [2.05, 4.69) is 37.7 Å². The molecule has 0 spiro atoms. The molecular weight excluding hydrogens is 602 g/mol. The van der Waals surface area contributed by atoms with Crippen LogP contribution in [0.2, 0.25) is 0 Å².